The number of carbonyl (C=O) groups is 2. The molecule has 4 aromatic rings. The van der Waals surface area contributed by atoms with Gasteiger partial charge < -0.3 is 15.0 Å². The lowest BCUT2D eigenvalue weighted by Gasteiger charge is -2.31. The van der Waals surface area contributed by atoms with Crippen LogP contribution in [-0.4, -0.2) is 56.7 Å². The van der Waals surface area contributed by atoms with Gasteiger partial charge in [-0.15, -0.1) is 11.3 Å². The Balaban J connectivity index is 1.09. The van der Waals surface area contributed by atoms with E-state index in [0.29, 0.717) is 42.0 Å². The van der Waals surface area contributed by atoms with Crippen molar-refractivity contribution in [3.63, 3.8) is 0 Å². The van der Waals surface area contributed by atoms with Crippen molar-refractivity contribution >= 4 is 39.9 Å². The summed E-state index contributed by atoms with van der Waals surface area (Å²) >= 11 is 1.50. The molecule has 1 N–H and O–H groups in total. The van der Waals surface area contributed by atoms with Gasteiger partial charge in [-0.05, 0) is 37.8 Å². The van der Waals surface area contributed by atoms with E-state index in [2.05, 4.69) is 20.4 Å². The average molecular weight is 517 g/mol. The van der Waals surface area contributed by atoms with Gasteiger partial charge in [0.15, 0.2) is 0 Å². The van der Waals surface area contributed by atoms with Crippen molar-refractivity contribution in [1.29, 1.82) is 0 Å². The Morgan fingerprint density at radius 3 is 2.57 bits per heavy atom. The first kappa shape index (κ1) is 23.6. The quantitative estimate of drug-likeness (QED) is 0.402. The number of fused-ring (bicyclic) bond motifs is 1. The fourth-order valence-corrected chi connectivity index (χ4v) is 5.83. The maximum absolute atomic E-state index is 13.2. The van der Waals surface area contributed by atoms with Gasteiger partial charge in [0.25, 0.3) is 11.8 Å². The van der Waals surface area contributed by atoms with E-state index in [-0.39, 0.29) is 17.7 Å². The zero-order valence-corrected chi connectivity index (χ0v) is 21.6. The SMILES string of the molecule is COc1cc(C(=O)N2CCC(c3nc(C(=O)Nc4cc(C5CC5)nn4C)cs3)CC2)nc2ccccc12. The zero-order chi connectivity index (χ0) is 25.5. The summed E-state index contributed by atoms with van der Waals surface area (Å²) in [5.74, 6) is 1.76. The van der Waals surface area contributed by atoms with Gasteiger partial charge in [-0.25, -0.2) is 9.97 Å². The molecule has 10 heteroatoms. The van der Waals surface area contributed by atoms with E-state index < -0.39 is 0 Å². The predicted molar refractivity (Wildman–Crippen MR) is 141 cm³/mol. The highest BCUT2D eigenvalue weighted by Crippen LogP contribution is 2.40. The van der Waals surface area contributed by atoms with E-state index in [1.807, 2.05) is 47.7 Å². The van der Waals surface area contributed by atoms with Crippen LogP contribution in [-0.2, 0) is 7.05 Å². The lowest BCUT2D eigenvalue weighted by molar-refractivity contribution is 0.0707. The van der Waals surface area contributed by atoms with Crippen LogP contribution in [0.25, 0.3) is 10.9 Å². The van der Waals surface area contributed by atoms with Gasteiger partial charge in [0.2, 0.25) is 0 Å². The van der Waals surface area contributed by atoms with Crippen LogP contribution in [0.4, 0.5) is 5.82 Å². The maximum atomic E-state index is 13.2. The summed E-state index contributed by atoms with van der Waals surface area (Å²) in [5, 5.41) is 11.1. The van der Waals surface area contributed by atoms with E-state index in [4.69, 9.17) is 4.74 Å². The number of para-hydroxylation sites is 1. The molecule has 1 aliphatic carbocycles. The molecule has 0 spiro atoms. The number of anilines is 1. The third kappa shape index (κ3) is 4.69. The summed E-state index contributed by atoms with van der Waals surface area (Å²) in [6.07, 6.45) is 3.91. The molecule has 2 amide bonds. The second-order valence-electron chi connectivity index (χ2n) is 9.67. The minimum absolute atomic E-state index is 0.0940. The van der Waals surface area contributed by atoms with Gasteiger partial charge in [-0.2, -0.15) is 5.10 Å². The fourth-order valence-electron chi connectivity index (χ4n) is 4.86. The molecule has 0 atom stereocenters. The largest absolute Gasteiger partial charge is 0.496 e. The van der Waals surface area contributed by atoms with Crippen molar-refractivity contribution < 1.29 is 14.3 Å². The number of piperidine rings is 1. The highest BCUT2D eigenvalue weighted by atomic mass is 32.1. The van der Waals surface area contributed by atoms with E-state index >= 15 is 0 Å². The molecule has 0 radical (unpaired) electrons. The molecule has 6 rings (SSSR count). The molecule has 4 heterocycles. The van der Waals surface area contributed by atoms with Gasteiger partial charge in [0, 0.05) is 54.9 Å². The minimum Gasteiger partial charge on any atom is -0.496 e. The monoisotopic (exact) mass is 516 g/mol. The normalized spacial score (nSPS) is 16.2. The molecule has 1 saturated heterocycles. The van der Waals surface area contributed by atoms with Crippen LogP contribution in [0.2, 0.25) is 0 Å². The van der Waals surface area contributed by atoms with Gasteiger partial charge in [0.1, 0.15) is 23.0 Å². The van der Waals surface area contributed by atoms with Gasteiger partial charge in [0.05, 0.1) is 23.3 Å². The number of nitrogens with zero attached hydrogens (tertiary/aromatic N) is 5. The Hall–Kier alpha value is -3.79. The number of methoxy groups -OCH3 is 1. The molecule has 1 aromatic carbocycles. The average Bonchev–Trinajstić information content (AvgIpc) is 3.55. The highest BCUT2D eigenvalue weighted by Gasteiger charge is 2.29. The number of aromatic nitrogens is 4. The van der Waals surface area contributed by atoms with E-state index in [0.717, 1.165) is 47.3 Å². The highest BCUT2D eigenvalue weighted by molar-refractivity contribution is 7.10. The van der Waals surface area contributed by atoms with E-state index in [9.17, 15) is 9.59 Å². The van der Waals surface area contributed by atoms with Crippen molar-refractivity contribution in [3.05, 3.63) is 63.9 Å². The Morgan fingerprint density at radius 1 is 1.03 bits per heavy atom. The number of thiazole rings is 1. The summed E-state index contributed by atoms with van der Waals surface area (Å²) in [5.41, 5.74) is 2.58. The number of pyridine rings is 1. The summed E-state index contributed by atoms with van der Waals surface area (Å²) < 4.78 is 7.22. The Bertz CT molecular complexity index is 1480. The van der Waals surface area contributed by atoms with Crippen LogP contribution in [0, 0.1) is 0 Å². The minimum atomic E-state index is -0.225. The van der Waals surface area contributed by atoms with Crippen LogP contribution < -0.4 is 10.1 Å². The Kier molecular flexibility index (Phi) is 6.11. The summed E-state index contributed by atoms with van der Waals surface area (Å²) in [7, 11) is 3.44. The molecule has 9 nitrogen and oxygen atoms in total. The molecular formula is C27H28N6O3S. The molecule has 1 saturated carbocycles. The lowest BCUT2D eigenvalue weighted by Crippen LogP contribution is -2.38. The van der Waals surface area contributed by atoms with Crippen LogP contribution in [0.5, 0.6) is 5.75 Å². The number of hydrogen-bond donors (Lipinski definition) is 1. The van der Waals surface area contributed by atoms with E-state index in [1.54, 1.807) is 17.9 Å². The number of aryl methyl sites for hydroxylation is 1. The molecule has 37 heavy (non-hydrogen) atoms. The number of rotatable bonds is 6. The Morgan fingerprint density at radius 2 is 1.81 bits per heavy atom. The Labute approximate surface area is 218 Å². The van der Waals surface area contributed by atoms with Crippen molar-refractivity contribution in [1.82, 2.24) is 24.6 Å². The smallest absolute Gasteiger partial charge is 0.276 e. The van der Waals surface area contributed by atoms with Crippen molar-refractivity contribution in [2.45, 2.75) is 37.5 Å². The number of ether oxygens (including phenoxy) is 1. The number of nitrogens with one attached hydrogen (secondary N) is 1. The predicted octanol–water partition coefficient (Wildman–Crippen LogP) is 4.58. The molecular weight excluding hydrogens is 488 g/mol. The van der Waals surface area contributed by atoms with Gasteiger partial charge in [-0.1, -0.05) is 12.1 Å². The third-order valence-electron chi connectivity index (χ3n) is 7.14. The van der Waals surface area contributed by atoms with Crippen molar-refractivity contribution in [2.24, 2.45) is 7.05 Å². The van der Waals surface area contributed by atoms with E-state index in [1.165, 1.54) is 11.3 Å². The van der Waals surface area contributed by atoms with Gasteiger partial charge in [-0.3, -0.25) is 14.3 Å². The summed E-state index contributed by atoms with van der Waals surface area (Å²) in [6, 6.07) is 11.3. The standard InChI is InChI=1S/C27H28N6O3S/c1-32-24(14-20(31-32)16-7-8-16)30-25(34)22-15-37-26(29-22)17-9-11-33(12-10-17)27(35)21-13-23(36-2)18-5-3-4-6-19(18)28-21/h3-6,13-17H,7-12H2,1-2H3,(H,30,34). The lowest BCUT2D eigenvalue weighted by atomic mass is 9.97. The molecule has 2 fully saturated rings. The molecule has 0 unspecified atom stereocenters. The van der Waals surface area contributed by atoms with Crippen LogP contribution in [0.1, 0.15) is 69.2 Å². The molecule has 2 aliphatic rings. The van der Waals surface area contributed by atoms with Crippen molar-refractivity contribution in [2.75, 3.05) is 25.5 Å². The first-order valence-corrected chi connectivity index (χ1v) is 13.4. The first-order chi connectivity index (χ1) is 18.0. The molecule has 3 aromatic heterocycles. The summed E-state index contributed by atoms with van der Waals surface area (Å²) in [4.78, 5) is 37.1. The number of benzene rings is 1. The molecule has 190 valence electrons. The maximum Gasteiger partial charge on any atom is 0.276 e. The topological polar surface area (TPSA) is 102 Å². The van der Waals surface area contributed by atoms with Crippen LogP contribution in [0.3, 0.4) is 0 Å². The number of amides is 2. The number of carbonyl (C=O) groups excluding carboxylic acids is 2. The number of likely N-dealkylation sites (tertiary alicyclic amines) is 1. The van der Waals surface area contributed by atoms with Crippen LogP contribution in [0.15, 0.2) is 41.8 Å². The van der Waals surface area contributed by atoms with Gasteiger partial charge >= 0.3 is 0 Å². The number of hydrogen-bond acceptors (Lipinski definition) is 7. The second kappa shape index (κ2) is 9.59. The molecule has 0 bridgehead atoms. The fraction of sp³-hybridized carbons (Fsp3) is 0.370. The summed E-state index contributed by atoms with van der Waals surface area (Å²) in [6.45, 7) is 1.22. The van der Waals surface area contributed by atoms with Crippen LogP contribution >= 0.6 is 11.3 Å². The zero-order valence-electron chi connectivity index (χ0n) is 20.8. The second-order valence-corrected chi connectivity index (χ2v) is 10.6. The molecule has 1 aliphatic heterocycles. The van der Waals surface area contributed by atoms with Crippen molar-refractivity contribution in [3.8, 4) is 5.75 Å². The first-order valence-electron chi connectivity index (χ1n) is 12.5. The third-order valence-corrected chi connectivity index (χ3v) is 8.15.